The molecular formula is C18H28N2O2. The molecule has 1 aliphatic rings. The van der Waals surface area contributed by atoms with Gasteiger partial charge in [0.15, 0.2) is 0 Å². The van der Waals surface area contributed by atoms with Crippen LogP contribution in [0.15, 0.2) is 24.3 Å². The summed E-state index contributed by atoms with van der Waals surface area (Å²) in [6.45, 7) is 9.70. The summed E-state index contributed by atoms with van der Waals surface area (Å²) in [6, 6.07) is 8.70. The number of alkyl carbamates (subject to hydrolysis) is 1. The average Bonchev–Trinajstić information content (AvgIpc) is 2.91. The topological polar surface area (TPSA) is 41.6 Å². The molecule has 4 nitrogen and oxygen atoms in total. The molecule has 22 heavy (non-hydrogen) atoms. The molecule has 0 aromatic heterocycles. The highest BCUT2D eigenvalue weighted by molar-refractivity contribution is 5.67. The lowest BCUT2D eigenvalue weighted by Gasteiger charge is -2.19. The molecule has 1 heterocycles. The van der Waals surface area contributed by atoms with Crippen molar-refractivity contribution in [3.63, 3.8) is 0 Å². The van der Waals surface area contributed by atoms with Crippen molar-refractivity contribution in [2.75, 3.05) is 19.6 Å². The second kappa shape index (κ2) is 7.63. The molecule has 1 aromatic rings. The minimum atomic E-state index is -0.443. The van der Waals surface area contributed by atoms with Gasteiger partial charge in [-0.25, -0.2) is 4.79 Å². The molecule has 1 fully saturated rings. The van der Waals surface area contributed by atoms with Gasteiger partial charge in [0.25, 0.3) is 0 Å². The Labute approximate surface area is 133 Å². The van der Waals surface area contributed by atoms with E-state index in [1.165, 1.54) is 37.1 Å². The summed E-state index contributed by atoms with van der Waals surface area (Å²) in [5.41, 5.74) is 2.16. The molecule has 0 aliphatic carbocycles. The summed E-state index contributed by atoms with van der Waals surface area (Å²) < 4.78 is 5.21. The van der Waals surface area contributed by atoms with Crippen LogP contribution in [0.5, 0.6) is 0 Å². The number of benzene rings is 1. The van der Waals surface area contributed by atoms with Gasteiger partial charge in [-0.05, 0) is 64.3 Å². The number of likely N-dealkylation sites (tertiary alicyclic amines) is 1. The number of carbonyl (C=O) groups is 1. The lowest BCUT2D eigenvalue weighted by Crippen LogP contribution is -2.33. The molecule has 1 aliphatic heterocycles. The summed E-state index contributed by atoms with van der Waals surface area (Å²) in [5, 5.41) is 2.79. The summed E-state index contributed by atoms with van der Waals surface area (Å²) in [6.07, 6.45) is 3.13. The highest BCUT2D eigenvalue weighted by Gasteiger charge is 2.15. The first kappa shape index (κ1) is 16.8. The molecule has 2 rings (SSSR count). The van der Waals surface area contributed by atoms with E-state index in [0.29, 0.717) is 6.54 Å². The third-order valence-electron chi connectivity index (χ3n) is 3.71. The number of hydrogen-bond acceptors (Lipinski definition) is 3. The van der Waals surface area contributed by atoms with Crippen LogP contribution < -0.4 is 5.32 Å². The fourth-order valence-electron chi connectivity index (χ4n) is 2.63. The minimum Gasteiger partial charge on any atom is -0.444 e. The smallest absolute Gasteiger partial charge is 0.407 e. The fourth-order valence-corrected chi connectivity index (χ4v) is 2.63. The second-order valence-electron chi connectivity index (χ2n) is 6.98. The SMILES string of the molecule is CC(C)(C)OC(=O)NCCc1ccc(CN2CCCC2)cc1. The number of carbonyl (C=O) groups excluding carboxylic acids is 1. The van der Waals surface area contributed by atoms with Crippen molar-refractivity contribution in [1.82, 2.24) is 10.2 Å². The highest BCUT2D eigenvalue weighted by Crippen LogP contribution is 2.13. The Balaban J connectivity index is 1.71. The molecule has 0 saturated carbocycles. The van der Waals surface area contributed by atoms with Gasteiger partial charge in [0.05, 0.1) is 0 Å². The number of rotatable bonds is 5. The molecule has 0 radical (unpaired) electrons. The van der Waals surface area contributed by atoms with Gasteiger partial charge in [-0.15, -0.1) is 0 Å². The maximum atomic E-state index is 11.6. The molecule has 122 valence electrons. The molecule has 1 N–H and O–H groups in total. The van der Waals surface area contributed by atoms with Gasteiger partial charge in [-0.1, -0.05) is 24.3 Å². The number of nitrogens with one attached hydrogen (secondary N) is 1. The van der Waals surface area contributed by atoms with Gasteiger partial charge in [0, 0.05) is 13.1 Å². The highest BCUT2D eigenvalue weighted by atomic mass is 16.6. The first-order valence-corrected chi connectivity index (χ1v) is 8.19. The Kier molecular flexibility index (Phi) is 5.83. The van der Waals surface area contributed by atoms with Crippen molar-refractivity contribution in [3.05, 3.63) is 35.4 Å². The van der Waals surface area contributed by atoms with E-state index in [4.69, 9.17) is 4.74 Å². The Morgan fingerprint density at radius 1 is 1.14 bits per heavy atom. The van der Waals surface area contributed by atoms with Gasteiger partial charge < -0.3 is 10.1 Å². The van der Waals surface area contributed by atoms with Crippen LogP contribution in [-0.2, 0) is 17.7 Å². The van der Waals surface area contributed by atoms with Crippen LogP contribution >= 0.6 is 0 Å². The number of nitrogens with zero attached hydrogens (tertiary/aromatic N) is 1. The number of amides is 1. The third kappa shape index (κ3) is 6.06. The van der Waals surface area contributed by atoms with Gasteiger partial charge >= 0.3 is 6.09 Å². The van der Waals surface area contributed by atoms with Crippen molar-refractivity contribution >= 4 is 6.09 Å². The Morgan fingerprint density at radius 2 is 1.73 bits per heavy atom. The van der Waals surface area contributed by atoms with E-state index < -0.39 is 5.60 Å². The molecule has 4 heteroatoms. The molecule has 0 atom stereocenters. The van der Waals surface area contributed by atoms with Crippen molar-refractivity contribution < 1.29 is 9.53 Å². The van der Waals surface area contributed by atoms with Crippen molar-refractivity contribution in [3.8, 4) is 0 Å². The molecular weight excluding hydrogens is 276 g/mol. The zero-order valence-electron chi connectivity index (χ0n) is 14.0. The quantitative estimate of drug-likeness (QED) is 0.907. The minimum absolute atomic E-state index is 0.349. The van der Waals surface area contributed by atoms with Crippen LogP contribution in [0.25, 0.3) is 0 Å². The van der Waals surface area contributed by atoms with E-state index in [1.54, 1.807) is 0 Å². The lowest BCUT2D eigenvalue weighted by molar-refractivity contribution is 0.0528. The van der Waals surface area contributed by atoms with Gasteiger partial charge in [0.2, 0.25) is 0 Å². The lowest BCUT2D eigenvalue weighted by atomic mass is 10.1. The third-order valence-corrected chi connectivity index (χ3v) is 3.71. The van der Waals surface area contributed by atoms with E-state index in [0.717, 1.165) is 13.0 Å². The zero-order chi connectivity index (χ0) is 16.0. The predicted molar refractivity (Wildman–Crippen MR) is 88.9 cm³/mol. The Morgan fingerprint density at radius 3 is 2.32 bits per heavy atom. The first-order chi connectivity index (χ1) is 10.4. The first-order valence-electron chi connectivity index (χ1n) is 8.19. The molecule has 0 unspecified atom stereocenters. The molecule has 1 amide bonds. The van der Waals surface area contributed by atoms with Crippen LogP contribution in [0.2, 0.25) is 0 Å². The van der Waals surface area contributed by atoms with Crippen molar-refractivity contribution in [1.29, 1.82) is 0 Å². The van der Waals surface area contributed by atoms with Crippen molar-refractivity contribution in [2.45, 2.75) is 52.2 Å². The Bertz CT molecular complexity index is 471. The monoisotopic (exact) mass is 304 g/mol. The molecule has 0 spiro atoms. The van der Waals surface area contributed by atoms with E-state index in [2.05, 4.69) is 34.5 Å². The van der Waals surface area contributed by atoms with E-state index in [-0.39, 0.29) is 6.09 Å². The van der Waals surface area contributed by atoms with Crippen LogP contribution in [0.4, 0.5) is 4.79 Å². The average molecular weight is 304 g/mol. The predicted octanol–water partition coefficient (Wildman–Crippen LogP) is 3.35. The van der Waals surface area contributed by atoms with E-state index in [1.807, 2.05) is 20.8 Å². The van der Waals surface area contributed by atoms with Gasteiger partial charge in [0.1, 0.15) is 5.60 Å². The standard InChI is InChI=1S/C18H28N2O2/c1-18(2,3)22-17(21)19-11-10-15-6-8-16(9-7-15)14-20-12-4-5-13-20/h6-9H,4-5,10-14H2,1-3H3,(H,19,21). The van der Waals surface area contributed by atoms with Crippen LogP contribution in [0.3, 0.4) is 0 Å². The summed E-state index contributed by atoms with van der Waals surface area (Å²) in [4.78, 5) is 14.1. The maximum absolute atomic E-state index is 11.6. The van der Waals surface area contributed by atoms with Crippen LogP contribution in [-0.4, -0.2) is 36.2 Å². The number of ether oxygens (including phenoxy) is 1. The number of hydrogen-bond donors (Lipinski definition) is 1. The van der Waals surface area contributed by atoms with Crippen molar-refractivity contribution in [2.24, 2.45) is 0 Å². The summed E-state index contributed by atoms with van der Waals surface area (Å²) >= 11 is 0. The van der Waals surface area contributed by atoms with Gasteiger partial charge in [-0.2, -0.15) is 0 Å². The molecule has 1 saturated heterocycles. The normalized spacial score (nSPS) is 15.8. The summed E-state index contributed by atoms with van der Waals surface area (Å²) in [7, 11) is 0. The van der Waals surface area contributed by atoms with E-state index >= 15 is 0 Å². The Hall–Kier alpha value is -1.55. The molecule has 1 aromatic carbocycles. The van der Waals surface area contributed by atoms with Crippen LogP contribution in [0.1, 0.15) is 44.7 Å². The van der Waals surface area contributed by atoms with Gasteiger partial charge in [-0.3, -0.25) is 4.90 Å². The zero-order valence-corrected chi connectivity index (χ0v) is 14.0. The fraction of sp³-hybridized carbons (Fsp3) is 0.611. The largest absolute Gasteiger partial charge is 0.444 e. The second-order valence-corrected chi connectivity index (χ2v) is 6.98. The summed E-state index contributed by atoms with van der Waals surface area (Å²) in [5.74, 6) is 0. The molecule has 0 bridgehead atoms. The van der Waals surface area contributed by atoms with E-state index in [9.17, 15) is 4.79 Å². The maximum Gasteiger partial charge on any atom is 0.407 e. The van der Waals surface area contributed by atoms with Crippen LogP contribution in [0, 0.1) is 0 Å².